The van der Waals surface area contributed by atoms with E-state index in [1.807, 2.05) is 32.5 Å². The predicted molar refractivity (Wildman–Crippen MR) is 116 cm³/mol. The molecule has 6 nitrogen and oxygen atoms in total. The third-order valence-corrected chi connectivity index (χ3v) is 8.54. The summed E-state index contributed by atoms with van der Waals surface area (Å²) in [7, 11) is 0. The van der Waals surface area contributed by atoms with Crippen molar-refractivity contribution in [3.63, 3.8) is 0 Å². The zero-order chi connectivity index (χ0) is 21.5. The number of hydrogen-bond donors (Lipinski definition) is 2. The fourth-order valence-corrected chi connectivity index (χ4v) is 7.34. The number of hydrogen-bond acceptors (Lipinski definition) is 5. The van der Waals surface area contributed by atoms with Gasteiger partial charge in [0.25, 0.3) is 0 Å². The average Bonchev–Trinajstić information content (AvgIpc) is 3.09. The summed E-state index contributed by atoms with van der Waals surface area (Å²) in [6.45, 7) is 6.61. The van der Waals surface area contributed by atoms with E-state index < -0.39 is 11.8 Å². The Morgan fingerprint density at radius 1 is 1.17 bits per heavy atom. The molecule has 30 heavy (non-hydrogen) atoms. The van der Waals surface area contributed by atoms with E-state index in [1.54, 1.807) is 4.90 Å². The molecule has 4 fully saturated rings. The summed E-state index contributed by atoms with van der Waals surface area (Å²) in [5, 5.41) is 7.25. The van der Waals surface area contributed by atoms with E-state index in [1.165, 1.54) is 0 Å². The summed E-state index contributed by atoms with van der Waals surface area (Å²) in [6, 6.07) is 0.405. The van der Waals surface area contributed by atoms with E-state index in [2.05, 4.69) is 10.6 Å². The molecule has 2 N–H and O–H groups in total. The first-order chi connectivity index (χ1) is 14.2. The largest absolute Gasteiger partial charge is 0.444 e. The maximum absolute atomic E-state index is 13.8. The minimum Gasteiger partial charge on any atom is -0.444 e. The van der Waals surface area contributed by atoms with Gasteiger partial charge in [0.05, 0.1) is 5.92 Å². The van der Waals surface area contributed by atoms with Crippen LogP contribution in [0.2, 0.25) is 0 Å². The normalized spacial score (nSPS) is 39.1. The molecule has 4 rings (SSSR count). The summed E-state index contributed by atoms with van der Waals surface area (Å²) in [5.74, 6) is 0.869. The van der Waals surface area contributed by atoms with Gasteiger partial charge in [-0.15, -0.1) is 11.8 Å². The predicted octanol–water partition coefficient (Wildman–Crippen LogP) is 3.66. The van der Waals surface area contributed by atoms with Crippen molar-refractivity contribution in [1.82, 2.24) is 15.5 Å². The summed E-state index contributed by atoms with van der Waals surface area (Å²) < 4.78 is 19.3. The second-order valence-electron chi connectivity index (χ2n) is 10.4. The number of amides is 2. The number of nitrogens with one attached hydrogen (secondary N) is 2. The number of likely N-dealkylation sites (tertiary alicyclic amines) is 1. The molecule has 2 amide bonds. The van der Waals surface area contributed by atoms with Gasteiger partial charge in [0.1, 0.15) is 17.3 Å². The minimum absolute atomic E-state index is 0.0101. The molecule has 0 aromatic carbocycles. The number of halogens is 1. The first kappa shape index (κ1) is 22.2. The number of nitrogens with zero attached hydrogens (tertiary/aromatic N) is 1. The quantitative estimate of drug-likeness (QED) is 0.684. The third kappa shape index (κ3) is 5.06. The highest BCUT2D eigenvalue weighted by atomic mass is 32.2. The van der Waals surface area contributed by atoms with Crippen LogP contribution >= 0.6 is 11.8 Å². The summed E-state index contributed by atoms with van der Waals surface area (Å²) in [5.41, 5.74) is -0.627. The van der Waals surface area contributed by atoms with Gasteiger partial charge in [-0.3, -0.25) is 10.1 Å². The summed E-state index contributed by atoms with van der Waals surface area (Å²) >= 11 is 1.82. The van der Waals surface area contributed by atoms with E-state index in [4.69, 9.17) is 4.74 Å². The third-order valence-electron chi connectivity index (χ3n) is 7.02. The van der Waals surface area contributed by atoms with Crippen molar-refractivity contribution < 1.29 is 18.7 Å². The smallest absolute Gasteiger partial charge is 0.410 e. The lowest BCUT2D eigenvalue weighted by molar-refractivity contribution is -0.126. The van der Waals surface area contributed by atoms with Gasteiger partial charge in [0.15, 0.2) is 0 Å². The molecular formula is C22H36FN3O3S. The molecule has 7 atom stereocenters. The molecule has 170 valence electrons. The van der Waals surface area contributed by atoms with Crippen molar-refractivity contribution in [2.45, 2.75) is 94.3 Å². The zero-order valence-electron chi connectivity index (χ0n) is 18.4. The highest BCUT2D eigenvalue weighted by Crippen LogP contribution is 2.48. The Hall–Kier alpha value is -1.02. The number of carbonyl (C=O) groups excluding carboxylic acids is 2. The lowest BCUT2D eigenvalue weighted by Crippen LogP contribution is -2.51. The van der Waals surface area contributed by atoms with Crippen LogP contribution in [0.4, 0.5) is 9.18 Å². The van der Waals surface area contributed by atoms with Crippen LogP contribution in [0.5, 0.6) is 0 Å². The Bertz CT molecular complexity index is 658. The number of thioether (sulfide) groups is 1. The van der Waals surface area contributed by atoms with Crippen LogP contribution < -0.4 is 10.6 Å². The van der Waals surface area contributed by atoms with Gasteiger partial charge in [-0.05, 0) is 77.6 Å². The molecule has 2 saturated heterocycles. The number of piperidine rings is 1. The van der Waals surface area contributed by atoms with Gasteiger partial charge in [0, 0.05) is 24.4 Å². The number of rotatable bonds is 2. The van der Waals surface area contributed by atoms with E-state index in [9.17, 15) is 14.0 Å². The van der Waals surface area contributed by atoms with Crippen LogP contribution in [0.1, 0.15) is 65.7 Å². The number of alkyl halides is 1. The van der Waals surface area contributed by atoms with Crippen LogP contribution in [0.3, 0.4) is 0 Å². The topological polar surface area (TPSA) is 70.7 Å². The van der Waals surface area contributed by atoms with Gasteiger partial charge < -0.3 is 15.0 Å². The monoisotopic (exact) mass is 441 g/mol. The summed E-state index contributed by atoms with van der Waals surface area (Å²) in [4.78, 5) is 27.0. The fourth-order valence-electron chi connectivity index (χ4n) is 5.62. The van der Waals surface area contributed by atoms with Crippen LogP contribution in [0, 0.1) is 17.8 Å². The molecular weight excluding hydrogens is 405 g/mol. The molecule has 2 aliphatic carbocycles. The Morgan fingerprint density at radius 3 is 2.73 bits per heavy atom. The molecule has 2 saturated carbocycles. The van der Waals surface area contributed by atoms with Crippen LogP contribution in [0.15, 0.2) is 0 Å². The number of carbonyl (C=O) groups is 2. The first-order valence-electron chi connectivity index (χ1n) is 11.5. The van der Waals surface area contributed by atoms with Gasteiger partial charge in [-0.25, -0.2) is 9.18 Å². The maximum atomic E-state index is 13.8. The van der Waals surface area contributed by atoms with Crippen molar-refractivity contribution >= 4 is 23.8 Å². The molecule has 0 aromatic rings. The Balaban J connectivity index is 1.30. The van der Waals surface area contributed by atoms with E-state index in [-0.39, 0.29) is 23.4 Å². The second-order valence-corrected chi connectivity index (χ2v) is 11.7. The van der Waals surface area contributed by atoms with Gasteiger partial charge in [-0.2, -0.15) is 0 Å². The highest BCUT2D eigenvalue weighted by molar-refractivity contribution is 8.00. The minimum atomic E-state index is -0.628. The van der Waals surface area contributed by atoms with Crippen molar-refractivity contribution in [2.75, 3.05) is 13.1 Å². The molecule has 8 heteroatoms. The zero-order valence-corrected chi connectivity index (χ0v) is 19.2. The highest BCUT2D eigenvalue weighted by Gasteiger charge is 2.48. The van der Waals surface area contributed by atoms with Crippen molar-refractivity contribution in [3.8, 4) is 0 Å². The van der Waals surface area contributed by atoms with E-state index in [0.717, 1.165) is 32.1 Å². The molecule has 4 aliphatic rings. The van der Waals surface area contributed by atoms with Gasteiger partial charge in [0.2, 0.25) is 5.91 Å². The molecule has 0 radical (unpaired) electrons. The second kappa shape index (κ2) is 8.85. The molecule has 0 spiro atoms. The van der Waals surface area contributed by atoms with E-state index in [0.29, 0.717) is 49.1 Å². The molecule has 0 bridgehead atoms. The first-order valence-corrected chi connectivity index (χ1v) is 12.5. The Labute approximate surface area is 183 Å². The Kier molecular flexibility index (Phi) is 6.54. The van der Waals surface area contributed by atoms with Gasteiger partial charge >= 0.3 is 6.09 Å². The molecule has 2 aliphatic heterocycles. The van der Waals surface area contributed by atoms with Crippen LogP contribution in [-0.2, 0) is 9.53 Å². The lowest BCUT2D eigenvalue weighted by atomic mass is 9.68. The maximum Gasteiger partial charge on any atom is 0.410 e. The number of ether oxygens (including phenoxy) is 1. The Morgan fingerprint density at radius 2 is 1.97 bits per heavy atom. The van der Waals surface area contributed by atoms with Crippen molar-refractivity contribution in [1.29, 1.82) is 0 Å². The standard InChI is InChI=1S/C22H36FN3O3S/c1-22(2,3)29-21(28)26-10-4-5-14(12-26)19(27)25-20-24-17-9-6-13-11-15(23)7-8-16(13)18(17)30-20/h13-18,20,24H,4-12H2,1-3H3,(H,25,27)/t13?,14-,15?,16?,17?,18?,20?/m0/s1. The number of fused-ring (bicyclic) bond motifs is 3. The molecule has 6 unspecified atom stereocenters. The van der Waals surface area contributed by atoms with Gasteiger partial charge in [-0.1, -0.05) is 0 Å². The fraction of sp³-hybridized carbons (Fsp3) is 0.909. The molecule has 2 heterocycles. The lowest BCUT2D eigenvalue weighted by Gasteiger charge is -2.42. The van der Waals surface area contributed by atoms with Crippen molar-refractivity contribution in [2.24, 2.45) is 17.8 Å². The SMILES string of the molecule is CC(C)(C)OC(=O)N1CCC[C@H](C(=O)NC2NC3CCC4CC(F)CCC4C3S2)C1. The van der Waals surface area contributed by atoms with E-state index >= 15 is 0 Å². The van der Waals surface area contributed by atoms with Crippen molar-refractivity contribution in [3.05, 3.63) is 0 Å². The average molecular weight is 442 g/mol. The molecule has 0 aromatic heterocycles. The summed E-state index contributed by atoms with van der Waals surface area (Å²) in [6.07, 6.45) is 5.15. The van der Waals surface area contributed by atoms with Crippen LogP contribution in [0.25, 0.3) is 0 Å². The van der Waals surface area contributed by atoms with Crippen LogP contribution in [-0.4, -0.2) is 58.6 Å².